The number of carbonyl (C=O) groups excluding carboxylic acids is 2. The van der Waals surface area contributed by atoms with Crippen LogP contribution in [0.4, 0.5) is 0 Å². The maximum Gasteiger partial charge on any atom is 0.244 e. The lowest BCUT2D eigenvalue weighted by molar-refractivity contribution is -0.138. The van der Waals surface area contributed by atoms with Gasteiger partial charge in [0.05, 0.1) is 11.4 Å². The van der Waals surface area contributed by atoms with Crippen LogP contribution in [-0.2, 0) is 16.1 Å². The molecule has 2 aliphatic rings. The number of H-pyrrole nitrogens is 1. The van der Waals surface area contributed by atoms with Crippen LogP contribution in [0.3, 0.4) is 0 Å². The second kappa shape index (κ2) is 4.56. The van der Waals surface area contributed by atoms with Crippen LogP contribution in [-0.4, -0.2) is 43.3 Å². The number of nitrogens with one attached hydrogen (secondary N) is 2. The molecule has 0 radical (unpaired) electrons. The number of rotatable bonds is 3. The Hall–Kier alpha value is -1.50. The van der Waals surface area contributed by atoms with E-state index in [0.717, 1.165) is 12.2 Å². The Kier molecular flexibility index (Phi) is 3.00. The van der Waals surface area contributed by atoms with Gasteiger partial charge in [-0.15, -0.1) is 11.8 Å². The highest BCUT2D eigenvalue weighted by atomic mass is 32.2. The quantitative estimate of drug-likeness (QED) is 0.844. The molecule has 0 aromatic carbocycles. The molecule has 2 unspecified atom stereocenters. The zero-order chi connectivity index (χ0) is 13.5. The number of nitrogens with zero attached hydrogens (tertiary/aromatic N) is 2. The van der Waals surface area contributed by atoms with E-state index >= 15 is 0 Å². The van der Waals surface area contributed by atoms with Crippen molar-refractivity contribution in [2.75, 3.05) is 5.75 Å². The Morgan fingerprint density at radius 2 is 2.58 bits per heavy atom. The molecule has 2 atom stereocenters. The van der Waals surface area contributed by atoms with Gasteiger partial charge in [-0.1, -0.05) is 0 Å². The predicted octanol–water partition coefficient (Wildman–Crippen LogP) is 0.480. The highest BCUT2D eigenvalue weighted by molar-refractivity contribution is 8.01. The van der Waals surface area contributed by atoms with Crippen molar-refractivity contribution in [1.29, 1.82) is 0 Å². The summed E-state index contributed by atoms with van der Waals surface area (Å²) < 4.78 is 0. The Labute approximate surface area is 115 Å². The van der Waals surface area contributed by atoms with Gasteiger partial charge in [-0.3, -0.25) is 9.59 Å². The minimum atomic E-state index is -0.347. The first-order chi connectivity index (χ1) is 9.10. The Bertz CT molecular complexity index is 504. The number of aromatic amines is 1. The van der Waals surface area contributed by atoms with E-state index in [1.807, 2.05) is 6.92 Å². The third-order valence-electron chi connectivity index (χ3n) is 3.73. The lowest BCUT2D eigenvalue weighted by Gasteiger charge is -2.29. The van der Waals surface area contributed by atoms with E-state index in [1.54, 1.807) is 29.1 Å². The Morgan fingerprint density at radius 3 is 3.32 bits per heavy atom. The van der Waals surface area contributed by atoms with Gasteiger partial charge in [-0.2, -0.15) is 0 Å². The number of imidazole rings is 1. The van der Waals surface area contributed by atoms with Gasteiger partial charge in [-0.25, -0.2) is 4.98 Å². The van der Waals surface area contributed by atoms with Gasteiger partial charge in [0.1, 0.15) is 11.9 Å². The molecule has 7 heteroatoms. The Balaban J connectivity index is 1.66. The van der Waals surface area contributed by atoms with E-state index in [9.17, 15) is 9.59 Å². The van der Waals surface area contributed by atoms with Gasteiger partial charge in [0.2, 0.25) is 11.8 Å². The van der Waals surface area contributed by atoms with Gasteiger partial charge < -0.3 is 15.2 Å². The molecule has 2 fully saturated rings. The van der Waals surface area contributed by atoms with Crippen LogP contribution in [0.2, 0.25) is 0 Å². The van der Waals surface area contributed by atoms with Gasteiger partial charge in [0, 0.05) is 24.6 Å². The largest absolute Gasteiger partial charge is 0.347 e. The van der Waals surface area contributed by atoms with Crippen molar-refractivity contribution in [2.24, 2.45) is 0 Å². The zero-order valence-electron chi connectivity index (χ0n) is 10.7. The number of carbonyl (C=O) groups is 2. The number of fused-ring (bicyclic) bond motifs is 1. The summed E-state index contributed by atoms with van der Waals surface area (Å²) >= 11 is 1.70. The summed E-state index contributed by atoms with van der Waals surface area (Å²) in [6, 6.07) is -0.347. The maximum absolute atomic E-state index is 12.2. The number of hydrogen-bond acceptors (Lipinski definition) is 4. The minimum absolute atomic E-state index is 0.0886. The van der Waals surface area contributed by atoms with Crippen molar-refractivity contribution in [1.82, 2.24) is 20.2 Å². The molecule has 0 aliphatic carbocycles. The third-order valence-corrected chi connectivity index (χ3v) is 5.24. The molecule has 0 bridgehead atoms. The van der Waals surface area contributed by atoms with Gasteiger partial charge in [0.15, 0.2) is 0 Å². The van der Waals surface area contributed by atoms with Crippen molar-refractivity contribution < 1.29 is 9.59 Å². The third kappa shape index (κ3) is 2.11. The highest BCUT2D eigenvalue weighted by Gasteiger charge is 2.52. The average Bonchev–Trinajstić information content (AvgIpc) is 3.06. The van der Waals surface area contributed by atoms with E-state index in [4.69, 9.17) is 0 Å². The molecular weight excluding hydrogens is 264 g/mol. The van der Waals surface area contributed by atoms with Crippen molar-refractivity contribution in [3.05, 3.63) is 18.2 Å². The van der Waals surface area contributed by atoms with Crippen LogP contribution in [0, 0.1) is 0 Å². The first-order valence-electron chi connectivity index (χ1n) is 6.32. The van der Waals surface area contributed by atoms with Gasteiger partial charge >= 0.3 is 0 Å². The average molecular weight is 280 g/mol. The van der Waals surface area contributed by atoms with Crippen molar-refractivity contribution in [2.45, 2.75) is 37.2 Å². The monoisotopic (exact) mass is 280 g/mol. The zero-order valence-corrected chi connectivity index (χ0v) is 11.5. The van der Waals surface area contributed by atoms with Crippen LogP contribution in [0.25, 0.3) is 0 Å². The van der Waals surface area contributed by atoms with E-state index in [2.05, 4.69) is 15.3 Å². The fourth-order valence-electron chi connectivity index (χ4n) is 2.70. The molecule has 1 aromatic rings. The van der Waals surface area contributed by atoms with Crippen molar-refractivity contribution in [3.8, 4) is 0 Å². The normalized spacial score (nSPS) is 29.6. The fraction of sp³-hybridized carbons (Fsp3) is 0.583. The number of thioether (sulfide) groups is 1. The summed E-state index contributed by atoms with van der Waals surface area (Å²) in [6.45, 7) is 2.41. The SMILES string of the molecule is CC12CCC(=O)N1C(C(=O)NCc1ncc[nH]1)CS2. The van der Waals surface area contributed by atoms with Crippen LogP contribution in [0.1, 0.15) is 25.6 Å². The molecule has 2 N–H and O–H groups in total. The molecule has 2 aliphatic heterocycles. The second-order valence-corrected chi connectivity index (χ2v) is 6.52. The molecule has 19 heavy (non-hydrogen) atoms. The van der Waals surface area contributed by atoms with Crippen LogP contribution < -0.4 is 5.32 Å². The van der Waals surface area contributed by atoms with E-state index in [1.165, 1.54) is 0 Å². The summed E-state index contributed by atoms with van der Waals surface area (Å²) in [6.07, 6.45) is 4.74. The topological polar surface area (TPSA) is 78.1 Å². The summed E-state index contributed by atoms with van der Waals surface area (Å²) in [5, 5.41) is 2.84. The van der Waals surface area contributed by atoms with E-state index in [0.29, 0.717) is 18.7 Å². The number of aromatic nitrogens is 2. The van der Waals surface area contributed by atoms with Gasteiger partial charge in [-0.05, 0) is 13.3 Å². The molecule has 2 saturated heterocycles. The molecule has 102 valence electrons. The number of hydrogen-bond donors (Lipinski definition) is 2. The summed E-state index contributed by atoms with van der Waals surface area (Å²) in [5.74, 6) is 1.38. The number of amides is 2. The van der Waals surface area contributed by atoms with E-state index in [-0.39, 0.29) is 22.7 Å². The lowest BCUT2D eigenvalue weighted by Crippen LogP contribution is -2.49. The molecule has 2 amide bonds. The summed E-state index contributed by atoms with van der Waals surface area (Å²) in [4.78, 5) is 32.7. The van der Waals surface area contributed by atoms with Crippen LogP contribution >= 0.6 is 11.8 Å². The first-order valence-corrected chi connectivity index (χ1v) is 7.31. The first kappa shape index (κ1) is 12.5. The summed E-state index contributed by atoms with van der Waals surface area (Å²) in [7, 11) is 0. The molecule has 0 saturated carbocycles. The summed E-state index contributed by atoms with van der Waals surface area (Å²) in [5.41, 5.74) is 0. The fourth-order valence-corrected chi connectivity index (χ4v) is 4.13. The minimum Gasteiger partial charge on any atom is -0.347 e. The standard InChI is InChI=1S/C12H16N4O2S/c1-12-3-2-10(17)16(12)8(7-19-12)11(18)15-6-9-13-4-5-14-9/h4-5,8H,2-3,6-7H2,1H3,(H,13,14)(H,15,18). The molecule has 3 rings (SSSR count). The molecular formula is C12H16N4O2S. The molecule has 6 nitrogen and oxygen atoms in total. The van der Waals surface area contributed by atoms with Crippen LogP contribution in [0.15, 0.2) is 12.4 Å². The van der Waals surface area contributed by atoms with E-state index < -0.39 is 0 Å². The molecule has 1 aromatic heterocycles. The van der Waals surface area contributed by atoms with Gasteiger partial charge in [0.25, 0.3) is 0 Å². The van der Waals surface area contributed by atoms with Crippen molar-refractivity contribution in [3.63, 3.8) is 0 Å². The molecule has 3 heterocycles. The predicted molar refractivity (Wildman–Crippen MR) is 71.2 cm³/mol. The Morgan fingerprint density at radius 1 is 1.74 bits per heavy atom. The van der Waals surface area contributed by atoms with Crippen molar-refractivity contribution >= 4 is 23.6 Å². The molecule has 0 spiro atoms. The smallest absolute Gasteiger partial charge is 0.244 e. The second-order valence-electron chi connectivity index (χ2n) is 5.02. The highest BCUT2D eigenvalue weighted by Crippen LogP contribution is 2.47. The maximum atomic E-state index is 12.2. The lowest BCUT2D eigenvalue weighted by atomic mass is 10.2. The van der Waals surface area contributed by atoms with Crippen LogP contribution in [0.5, 0.6) is 0 Å².